The second-order valence-corrected chi connectivity index (χ2v) is 6.56. The Bertz CT molecular complexity index is 687. The lowest BCUT2D eigenvalue weighted by atomic mass is 10.1. The lowest BCUT2D eigenvalue weighted by Gasteiger charge is -2.21. The molecule has 0 spiro atoms. The van der Waals surface area contributed by atoms with Gasteiger partial charge in [-0.2, -0.15) is 0 Å². The molecule has 1 unspecified atom stereocenters. The molecule has 0 aliphatic carbocycles. The van der Waals surface area contributed by atoms with E-state index in [1.165, 1.54) is 5.56 Å². The molecule has 2 aromatic carbocycles. The number of anilines is 1. The van der Waals surface area contributed by atoms with Crippen molar-refractivity contribution < 1.29 is 9.53 Å². The first-order valence-corrected chi connectivity index (χ1v) is 8.95. The Morgan fingerprint density at radius 1 is 1.16 bits per heavy atom. The lowest BCUT2D eigenvalue weighted by Crippen LogP contribution is -2.31. The quantitative estimate of drug-likeness (QED) is 0.842. The van der Waals surface area contributed by atoms with E-state index in [0.29, 0.717) is 12.3 Å². The maximum atomic E-state index is 12.1. The van der Waals surface area contributed by atoms with Crippen LogP contribution in [0.2, 0.25) is 0 Å². The number of hydrogen-bond donors (Lipinski definition) is 1. The zero-order chi connectivity index (χ0) is 17.5. The van der Waals surface area contributed by atoms with Crippen LogP contribution in [0.4, 0.5) is 5.69 Å². The molecule has 1 aliphatic rings. The number of nitrogens with one attached hydrogen (secondary N) is 1. The minimum absolute atomic E-state index is 0.139. The Morgan fingerprint density at radius 2 is 1.92 bits per heavy atom. The molecule has 0 radical (unpaired) electrons. The highest BCUT2D eigenvalue weighted by Gasteiger charge is 2.24. The van der Waals surface area contributed by atoms with Crippen LogP contribution in [0.1, 0.15) is 18.4 Å². The van der Waals surface area contributed by atoms with Crippen molar-refractivity contribution in [1.29, 1.82) is 0 Å². The van der Waals surface area contributed by atoms with Gasteiger partial charge in [-0.25, -0.2) is 0 Å². The number of ether oxygens (including phenoxy) is 1. The van der Waals surface area contributed by atoms with E-state index in [9.17, 15) is 4.79 Å². The Morgan fingerprint density at radius 3 is 2.72 bits per heavy atom. The molecule has 1 saturated heterocycles. The molecular weight excluding hydrogens is 312 g/mol. The van der Waals surface area contributed by atoms with E-state index in [2.05, 4.69) is 28.4 Å². The molecule has 0 saturated carbocycles. The van der Waals surface area contributed by atoms with Gasteiger partial charge in [0.25, 0.3) is 0 Å². The Kier molecular flexibility index (Phi) is 5.94. The van der Waals surface area contributed by atoms with Crippen LogP contribution in [0, 0.1) is 5.92 Å². The Hall–Kier alpha value is -2.49. The molecule has 1 heterocycles. The third-order valence-corrected chi connectivity index (χ3v) is 4.78. The molecule has 3 rings (SSSR count). The number of carbonyl (C=O) groups excluding carboxylic acids is 1. The summed E-state index contributed by atoms with van der Waals surface area (Å²) in [5.41, 5.74) is 2.35. The van der Waals surface area contributed by atoms with Crippen LogP contribution < -0.4 is 15.0 Å². The summed E-state index contributed by atoms with van der Waals surface area (Å²) in [5.74, 6) is 1.54. The van der Waals surface area contributed by atoms with E-state index in [-0.39, 0.29) is 5.91 Å². The van der Waals surface area contributed by atoms with Gasteiger partial charge in [0.15, 0.2) is 0 Å². The van der Waals surface area contributed by atoms with Crippen LogP contribution >= 0.6 is 0 Å². The van der Waals surface area contributed by atoms with E-state index in [4.69, 9.17) is 4.74 Å². The van der Waals surface area contributed by atoms with E-state index < -0.39 is 0 Å². The normalized spacial score (nSPS) is 16.7. The highest BCUT2D eigenvalue weighted by Crippen LogP contribution is 2.31. The monoisotopic (exact) mass is 338 g/mol. The van der Waals surface area contributed by atoms with Gasteiger partial charge in [-0.05, 0) is 36.5 Å². The zero-order valence-electron chi connectivity index (χ0n) is 14.8. The van der Waals surface area contributed by atoms with Crippen LogP contribution in [0.5, 0.6) is 5.75 Å². The van der Waals surface area contributed by atoms with Gasteiger partial charge in [-0.3, -0.25) is 4.79 Å². The van der Waals surface area contributed by atoms with E-state index in [1.54, 1.807) is 7.11 Å². The molecule has 4 heteroatoms. The highest BCUT2D eigenvalue weighted by molar-refractivity contribution is 5.76. The third kappa shape index (κ3) is 4.75. The maximum absolute atomic E-state index is 12.1. The molecule has 0 bridgehead atoms. The number of rotatable bonds is 7. The predicted octanol–water partition coefficient (Wildman–Crippen LogP) is 3.27. The average molecular weight is 338 g/mol. The number of methoxy groups -OCH3 is 1. The van der Waals surface area contributed by atoms with Gasteiger partial charge in [-0.15, -0.1) is 0 Å². The fraction of sp³-hybridized carbons (Fsp3) is 0.381. The number of benzene rings is 2. The van der Waals surface area contributed by atoms with Gasteiger partial charge in [0.1, 0.15) is 5.75 Å². The fourth-order valence-electron chi connectivity index (χ4n) is 3.36. The second kappa shape index (κ2) is 8.56. The van der Waals surface area contributed by atoms with Gasteiger partial charge in [-0.1, -0.05) is 42.5 Å². The number of carbonyl (C=O) groups is 1. The smallest absolute Gasteiger partial charge is 0.220 e. The molecule has 1 amide bonds. The van der Waals surface area contributed by atoms with Crippen LogP contribution in [-0.4, -0.2) is 32.7 Å². The largest absolute Gasteiger partial charge is 0.495 e. The molecule has 1 fully saturated rings. The molecular formula is C21H26N2O2. The van der Waals surface area contributed by atoms with Crippen molar-refractivity contribution in [3.8, 4) is 5.75 Å². The zero-order valence-corrected chi connectivity index (χ0v) is 14.8. The van der Waals surface area contributed by atoms with Crippen LogP contribution in [0.25, 0.3) is 0 Å². The number of para-hydroxylation sites is 2. The van der Waals surface area contributed by atoms with Crippen LogP contribution in [-0.2, 0) is 11.2 Å². The summed E-state index contributed by atoms with van der Waals surface area (Å²) in [7, 11) is 1.71. The van der Waals surface area contributed by atoms with E-state index >= 15 is 0 Å². The molecule has 1 atom stereocenters. The van der Waals surface area contributed by atoms with Gasteiger partial charge in [0.2, 0.25) is 5.91 Å². The molecule has 1 N–H and O–H groups in total. The number of amides is 1. The molecule has 132 valence electrons. The lowest BCUT2D eigenvalue weighted by molar-refractivity contribution is -0.121. The van der Waals surface area contributed by atoms with Crippen molar-refractivity contribution in [3.63, 3.8) is 0 Å². The van der Waals surface area contributed by atoms with Crippen LogP contribution in [0.15, 0.2) is 54.6 Å². The average Bonchev–Trinajstić information content (AvgIpc) is 3.14. The number of aryl methyl sites for hydroxylation is 1. The summed E-state index contributed by atoms with van der Waals surface area (Å²) in [6, 6.07) is 18.3. The molecule has 0 aromatic heterocycles. The fourth-order valence-corrected chi connectivity index (χ4v) is 3.36. The maximum Gasteiger partial charge on any atom is 0.220 e. The third-order valence-electron chi connectivity index (χ3n) is 4.78. The van der Waals surface area contributed by atoms with Crippen molar-refractivity contribution in [1.82, 2.24) is 5.32 Å². The SMILES string of the molecule is COc1ccccc1N1CCC(CNC(=O)CCc2ccccc2)C1. The molecule has 4 nitrogen and oxygen atoms in total. The molecule has 1 aliphatic heterocycles. The van der Waals surface area contributed by atoms with E-state index in [1.807, 2.05) is 36.4 Å². The van der Waals surface area contributed by atoms with Gasteiger partial charge < -0.3 is 15.0 Å². The van der Waals surface area contributed by atoms with Gasteiger partial charge in [0, 0.05) is 26.1 Å². The summed E-state index contributed by atoms with van der Waals surface area (Å²) in [6.45, 7) is 2.71. The highest BCUT2D eigenvalue weighted by atomic mass is 16.5. The van der Waals surface area contributed by atoms with Crippen molar-refractivity contribution >= 4 is 11.6 Å². The second-order valence-electron chi connectivity index (χ2n) is 6.56. The topological polar surface area (TPSA) is 41.6 Å². The summed E-state index contributed by atoms with van der Waals surface area (Å²) < 4.78 is 5.45. The first kappa shape index (κ1) is 17.3. The molecule has 25 heavy (non-hydrogen) atoms. The molecule has 2 aromatic rings. The minimum atomic E-state index is 0.139. The van der Waals surface area contributed by atoms with Crippen molar-refractivity contribution in [2.24, 2.45) is 5.92 Å². The predicted molar refractivity (Wildman–Crippen MR) is 101 cm³/mol. The first-order valence-electron chi connectivity index (χ1n) is 8.95. The van der Waals surface area contributed by atoms with Gasteiger partial charge in [0.05, 0.1) is 12.8 Å². The first-order chi connectivity index (χ1) is 12.3. The number of hydrogen-bond acceptors (Lipinski definition) is 3. The summed E-state index contributed by atoms with van der Waals surface area (Å²) >= 11 is 0. The Balaban J connectivity index is 1.43. The standard InChI is InChI=1S/C21H26N2O2/c1-25-20-10-6-5-9-19(20)23-14-13-18(16-23)15-22-21(24)12-11-17-7-3-2-4-8-17/h2-10,18H,11-16H2,1H3,(H,22,24). The number of nitrogens with zero attached hydrogens (tertiary/aromatic N) is 1. The van der Waals surface area contributed by atoms with Crippen molar-refractivity contribution in [2.75, 3.05) is 31.6 Å². The van der Waals surface area contributed by atoms with E-state index in [0.717, 1.165) is 43.9 Å². The summed E-state index contributed by atoms with van der Waals surface area (Å²) in [5, 5.41) is 3.10. The van der Waals surface area contributed by atoms with Crippen LogP contribution in [0.3, 0.4) is 0 Å². The van der Waals surface area contributed by atoms with Crippen molar-refractivity contribution in [2.45, 2.75) is 19.3 Å². The summed E-state index contributed by atoms with van der Waals surface area (Å²) in [6.07, 6.45) is 2.44. The Labute approximate surface area is 149 Å². The van der Waals surface area contributed by atoms with Gasteiger partial charge >= 0.3 is 0 Å². The van der Waals surface area contributed by atoms with Crippen molar-refractivity contribution in [3.05, 3.63) is 60.2 Å². The minimum Gasteiger partial charge on any atom is -0.495 e. The summed E-state index contributed by atoms with van der Waals surface area (Å²) in [4.78, 5) is 14.4.